The molecule has 2 N–H and O–H groups in total. The highest BCUT2D eigenvalue weighted by atomic mass is 32.2. The molecule has 0 spiro atoms. The Morgan fingerprint density at radius 2 is 1.20 bits per heavy atom. The Labute approximate surface area is 177 Å². The van der Waals surface area contributed by atoms with Gasteiger partial charge < -0.3 is 9.79 Å². The van der Waals surface area contributed by atoms with Gasteiger partial charge in [-0.05, 0) is 43.0 Å². The normalized spacial score (nSPS) is 11.4. The van der Waals surface area contributed by atoms with Gasteiger partial charge in [-0.1, -0.05) is 78.4 Å². The first kappa shape index (κ1) is 24.0. The highest BCUT2D eigenvalue weighted by Crippen LogP contribution is 2.35. The minimum atomic E-state index is -4.49. The fraction of sp³-hybridized carbons (Fsp3) is 0.182. The molecule has 0 saturated heterocycles. The molecule has 160 valence electrons. The predicted octanol–water partition coefficient (Wildman–Crippen LogP) is 4.31. The van der Waals surface area contributed by atoms with E-state index in [9.17, 15) is 13.0 Å². The Balaban J connectivity index is 0.000000215. The third-order valence-electron chi connectivity index (χ3n) is 4.07. The van der Waals surface area contributed by atoms with Crippen LogP contribution >= 0.6 is 7.60 Å². The second-order valence-corrected chi connectivity index (χ2v) is 9.85. The van der Waals surface area contributed by atoms with E-state index in [1.807, 2.05) is 0 Å². The van der Waals surface area contributed by atoms with E-state index in [0.29, 0.717) is 0 Å². The van der Waals surface area contributed by atoms with Gasteiger partial charge in [-0.25, -0.2) is 0 Å². The third-order valence-corrected chi connectivity index (χ3v) is 5.99. The molecule has 0 aromatic heterocycles. The summed E-state index contributed by atoms with van der Waals surface area (Å²) in [6.07, 6.45) is 1.11. The summed E-state index contributed by atoms with van der Waals surface area (Å²) < 4.78 is 37.5. The van der Waals surface area contributed by atoms with E-state index < -0.39 is 24.1 Å². The maximum absolute atomic E-state index is 11.4. The Hall–Kier alpha value is -2.28. The van der Waals surface area contributed by atoms with Crippen LogP contribution in [-0.4, -0.2) is 24.6 Å². The molecule has 3 rings (SSSR count). The molecule has 8 heteroatoms. The molecule has 0 amide bonds. The van der Waals surface area contributed by atoms with E-state index in [2.05, 4.69) is 64.8 Å². The molecule has 0 bridgehead atoms. The molecular formula is C22H25O6PS. The maximum atomic E-state index is 11.4. The van der Waals surface area contributed by atoms with Crippen molar-refractivity contribution in [3.8, 4) is 0 Å². The summed E-state index contributed by atoms with van der Waals surface area (Å²) >= 11 is 0. The van der Waals surface area contributed by atoms with Crippen molar-refractivity contribution in [1.82, 2.24) is 0 Å². The average molecular weight is 448 g/mol. The van der Waals surface area contributed by atoms with Crippen LogP contribution in [0.1, 0.15) is 16.7 Å². The Morgan fingerprint density at radius 1 is 0.767 bits per heavy atom. The monoisotopic (exact) mass is 448 g/mol. The molecule has 0 aliphatic heterocycles. The van der Waals surface area contributed by atoms with Crippen LogP contribution in [0.3, 0.4) is 0 Å². The number of benzene rings is 3. The average Bonchev–Trinajstić information content (AvgIpc) is 2.73. The second-order valence-electron chi connectivity index (χ2n) is 6.65. The second kappa shape index (κ2) is 11.2. The van der Waals surface area contributed by atoms with Crippen LogP contribution in [0.15, 0.2) is 89.8 Å². The highest BCUT2D eigenvalue weighted by Gasteiger charge is 2.21. The zero-order valence-corrected chi connectivity index (χ0v) is 18.3. The van der Waals surface area contributed by atoms with Crippen LogP contribution in [0.4, 0.5) is 0 Å². The van der Waals surface area contributed by atoms with Crippen LogP contribution in [0.5, 0.6) is 0 Å². The largest absolute Gasteiger partial charge is 0.352 e. The van der Waals surface area contributed by atoms with Crippen molar-refractivity contribution in [3.05, 3.63) is 102 Å². The lowest BCUT2D eigenvalue weighted by Gasteiger charge is -2.06. The number of hydrogen-bond donors (Lipinski definition) is 2. The van der Waals surface area contributed by atoms with Gasteiger partial charge in [-0.15, -0.1) is 0 Å². The van der Waals surface area contributed by atoms with E-state index in [-0.39, 0.29) is 4.90 Å². The van der Waals surface area contributed by atoms with Crippen molar-refractivity contribution in [1.29, 1.82) is 0 Å². The number of hydrogen-bond acceptors (Lipinski definition) is 4. The zero-order chi connectivity index (χ0) is 22.0. The molecule has 0 aliphatic carbocycles. The summed E-state index contributed by atoms with van der Waals surface area (Å²) in [5.74, 6) is 0. The van der Waals surface area contributed by atoms with Crippen LogP contribution in [0.25, 0.3) is 0 Å². The SMILES string of the molecule is Cc1ccc(S(=O)(=O)OCP(=O)(O)O)cc1.c1ccc(CCc2ccccc2)cc1. The van der Waals surface area contributed by atoms with Crippen LogP contribution in [0, 0.1) is 6.92 Å². The van der Waals surface area contributed by atoms with E-state index in [1.165, 1.54) is 23.3 Å². The predicted molar refractivity (Wildman–Crippen MR) is 117 cm³/mol. The number of rotatable bonds is 7. The molecule has 30 heavy (non-hydrogen) atoms. The summed E-state index contributed by atoms with van der Waals surface area (Å²) in [4.78, 5) is 16.9. The van der Waals surface area contributed by atoms with Crippen molar-refractivity contribution in [3.63, 3.8) is 0 Å². The van der Waals surface area contributed by atoms with Crippen molar-refractivity contribution < 1.29 is 27.0 Å². The summed E-state index contributed by atoms with van der Waals surface area (Å²) in [5.41, 5.74) is 3.70. The molecule has 3 aromatic rings. The van der Waals surface area contributed by atoms with Crippen molar-refractivity contribution >= 4 is 17.7 Å². The van der Waals surface area contributed by atoms with Gasteiger partial charge in [0, 0.05) is 0 Å². The quantitative estimate of drug-likeness (QED) is 0.413. The van der Waals surface area contributed by atoms with Crippen molar-refractivity contribution in [2.24, 2.45) is 0 Å². The van der Waals surface area contributed by atoms with Gasteiger partial charge in [0.2, 0.25) is 0 Å². The third kappa shape index (κ3) is 9.03. The minimum absolute atomic E-state index is 0.133. The fourth-order valence-electron chi connectivity index (χ4n) is 2.49. The summed E-state index contributed by atoms with van der Waals surface area (Å²) in [7, 11) is -8.60. The topological polar surface area (TPSA) is 101 Å². The lowest BCUT2D eigenvalue weighted by Crippen LogP contribution is -2.07. The summed E-state index contributed by atoms with van der Waals surface area (Å²) in [5, 5.41) is 0. The first-order valence-corrected chi connectivity index (χ1v) is 12.4. The van der Waals surface area contributed by atoms with E-state index in [0.717, 1.165) is 18.4 Å². The molecule has 3 aromatic carbocycles. The summed E-state index contributed by atoms with van der Waals surface area (Å²) in [6, 6.07) is 27.0. The van der Waals surface area contributed by atoms with Gasteiger partial charge in [0.1, 0.15) is 0 Å². The zero-order valence-electron chi connectivity index (χ0n) is 16.6. The Kier molecular flexibility index (Phi) is 8.96. The first-order valence-electron chi connectivity index (χ1n) is 9.24. The lowest BCUT2D eigenvalue weighted by molar-refractivity contribution is 0.301. The van der Waals surface area contributed by atoms with Crippen LogP contribution in [0.2, 0.25) is 0 Å². The standard InChI is InChI=1S/C14H14.C8H11O6PS/c1-3-7-13(8-4-1)11-12-14-9-5-2-6-10-14;1-7-2-4-8(5-3-7)16(12,13)14-6-15(9,10)11/h1-10H,11-12H2;2-5H,6H2,1H3,(H2,9,10,11). The molecule has 0 fully saturated rings. The number of aryl methyl sites for hydroxylation is 3. The molecule has 0 heterocycles. The van der Waals surface area contributed by atoms with Gasteiger partial charge in [0.05, 0.1) is 4.90 Å². The van der Waals surface area contributed by atoms with Crippen molar-refractivity contribution in [2.45, 2.75) is 24.7 Å². The van der Waals surface area contributed by atoms with Gasteiger partial charge in [0.25, 0.3) is 10.1 Å². The lowest BCUT2D eigenvalue weighted by atomic mass is 10.0. The van der Waals surface area contributed by atoms with E-state index in [1.54, 1.807) is 19.1 Å². The van der Waals surface area contributed by atoms with Crippen molar-refractivity contribution in [2.75, 3.05) is 6.35 Å². The first-order chi connectivity index (χ1) is 14.2. The molecule has 0 radical (unpaired) electrons. The van der Waals surface area contributed by atoms with E-state index >= 15 is 0 Å². The molecule has 0 unspecified atom stereocenters. The molecule has 6 nitrogen and oxygen atoms in total. The van der Waals surface area contributed by atoms with Crippen LogP contribution in [-0.2, 0) is 31.7 Å². The molecule has 0 aliphatic rings. The Bertz CT molecular complexity index is 1010. The van der Waals surface area contributed by atoms with Gasteiger partial charge in [-0.2, -0.15) is 8.42 Å². The van der Waals surface area contributed by atoms with E-state index in [4.69, 9.17) is 9.79 Å². The molecule has 0 saturated carbocycles. The minimum Gasteiger partial charge on any atom is -0.323 e. The molecule has 0 atom stereocenters. The Morgan fingerprint density at radius 3 is 1.60 bits per heavy atom. The fourth-order valence-corrected chi connectivity index (χ4v) is 4.20. The van der Waals surface area contributed by atoms with Gasteiger partial charge >= 0.3 is 7.60 Å². The molecular weight excluding hydrogens is 423 g/mol. The smallest absolute Gasteiger partial charge is 0.323 e. The van der Waals surface area contributed by atoms with Crippen LogP contribution < -0.4 is 0 Å². The summed E-state index contributed by atoms with van der Waals surface area (Å²) in [6.45, 7) is 1.78. The van der Waals surface area contributed by atoms with Gasteiger partial charge in [-0.3, -0.25) is 8.75 Å². The van der Waals surface area contributed by atoms with Gasteiger partial charge in [0.15, 0.2) is 6.35 Å². The maximum Gasteiger partial charge on any atom is 0.352 e. The highest BCUT2D eigenvalue weighted by molar-refractivity contribution is 7.87.